The Bertz CT molecular complexity index is 780. The highest BCUT2D eigenvalue weighted by molar-refractivity contribution is 6.07. The van der Waals surface area contributed by atoms with Gasteiger partial charge in [-0.1, -0.05) is 51.3 Å². The molecular weight excluding hydrogens is 334 g/mol. The van der Waals surface area contributed by atoms with Crippen molar-refractivity contribution in [3.8, 4) is 0 Å². The summed E-state index contributed by atoms with van der Waals surface area (Å²) >= 11 is 0. The Morgan fingerprint density at radius 3 is 2.59 bits per heavy atom. The number of carbonyl (C=O) groups excluding carboxylic acids is 1. The van der Waals surface area contributed by atoms with Crippen LogP contribution in [0.25, 0.3) is 10.9 Å². The van der Waals surface area contributed by atoms with E-state index in [1.54, 1.807) is 0 Å². The molecular formula is C23H33N3O. The summed E-state index contributed by atoms with van der Waals surface area (Å²) in [6.07, 6.45) is 7.28. The van der Waals surface area contributed by atoms with Gasteiger partial charge in [-0.15, -0.1) is 0 Å². The van der Waals surface area contributed by atoms with E-state index in [0.717, 1.165) is 28.7 Å². The molecule has 1 amide bonds. The minimum Gasteiger partial charge on any atom is -0.357 e. The number of para-hydroxylation sites is 1. The number of benzene rings is 1. The maximum Gasteiger partial charge on any atom is 0.252 e. The molecule has 1 aromatic heterocycles. The first-order valence-corrected chi connectivity index (χ1v) is 10.4. The summed E-state index contributed by atoms with van der Waals surface area (Å²) in [6, 6.07) is 10.6. The highest BCUT2D eigenvalue weighted by atomic mass is 16.1. The minimum atomic E-state index is 0.0000409. The number of fused-ring (bicyclic) bond motifs is 1. The number of amides is 1. The number of nitrogens with zero attached hydrogens (tertiary/aromatic N) is 2. The van der Waals surface area contributed by atoms with Crippen LogP contribution in [-0.2, 0) is 0 Å². The Labute approximate surface area is 163 Å². The third-order valence-corrected chi connectivity index (χ3v) is 5.63. The largest absolute Gasteiger partial charge is 0.357 e. The van der Waals surface area contributed by atoms with Gasteiger partial charge in [0.15, 0.2) is 0 Å². The minimum absolute atomic E-state index is 0.0000409. The van der Waals surface area contributed by atoms with Crippen LogP contribution in [0.2, 0.25) is 0 Å². The fourth-order valence-corrected chi connectivity index (χ4v) is 4.25. The Kier molecular flexibility index (Phi) is 6.35. The molecule has 3 rings (SSSR count). The molecule has 0 unspecified atom stereocenters. The third-order valence-electron chi connectivity index (χ3n) is 5.63. The lowest BCUT2D eigenvalue weighted by molar-refractivity contribution is 0.0937. The quantitative estimate of drug-likeness (QED) is 0.766. The molecule has 0 spiro atoms. The number of hydrogen-bond acceptors (Lipinski definition) is 3. The molecule has 146 valence electrons. The van der Waals surface area contributed by atoms with Gasteiger partial charge in [-0.3, -0.25) is 4.79 Å². The monoisotopic (exact) mass is 367 g/mol. The molecule has 0 radical (unpaired) electrons. The molecule has 4 heteroatoms. The smallest absolute Gasteiger partial charge is 0.252 e. The highest BCUT2D eigenvalue weighted by Gasteiger charge is 2.22. The van der Waals surface area contributed by atoms with Gasteiger partial charge in [0.1, 0.15) is 5.82 Å². The number of rotatable bonds is 6. The summed E-state index contributed by atoms with van der Waals surface area (Å²) in [5.74, 6) is 1.46. The summed E-state index contributed by atoms with van der Waals surface area (Å²) in [7, 11) is 2.12. The van der Waals surface area contributed by atoms with Gasteiger partial charge in [-0.25, -0.2) is 4.98 Å². The van der Waals surface area contributed by atoms with E-state index < -0.39 is 0 Å². The van der Waals surface area contributed by atoms with Gasteiger partial charge in [0.05, 0.1) is 11.1 Å². The van der Waals surface area contributed by atoms with Crippen molar-refractivity contribution < 1.29 is 4.79 Å². The van der Waals surface area contributed by atoms with Gasteiger partial charge in [0.2, 0.25) is 0 Å². The second-order valence-corrected chi connectivity index (χ2v) is 8.45. The molecule has 0 aliphatic heterocycles. The number of aromatic nitrogens is 1. The summed E-state index contributed by atoms with van der Waals surface area (Å²) in [5.41, 5.74) is 1.62. The summed E-state index contributed by atoms with van der Waals surface area (Å²) in [4.78, 5) is 20.2. The number of carbonyl (C=O) groups is 1. The Morgan fingerprint density at radius 1 is 1.19 bits per heavy atom. The third kappa shape index (κ3) is 4.79. The topological polar surface area (TPSA) is 45.2 Å². The molecule has 1 heterocycles. The standard InChI is InChI=1S/C23H33N3O/c1-16(2)14-17(3)24-23(27)20-15-22(25-21-13-9-8-12-19(20)21)26(4)18-10-6-5-7-11-18/h8-9,12-13,15-18H,5-7,10-11,14H2,1-4H3,(H,24,27)/t17-/m1/s1. The van der Waals surface area contributed by atoms with E-state index in [0.29, 0.717) is 12.0 Å². The van der Waals surface area contributed by atoms with Crippen molar-refractivity contribution in [1.29, 1.82) is 0 Å². The number of hydrogen-bond donors (Lipinski definition) is 1. The van der Waals surface area contributed by atoms with Gasteiger partial charge >= 0.3 is 0 Å². The SMILES string of the molecule is CC(C)C[C@@H](C)NC(=O)c1cc(N(C)C2CCCCC2)nc2ccccc12. The zero-order valence-electron chi connectivity index (χ0n) is 17.2. The van der Waals surface area contributed by atoms with Crippen LogP contribution >= 0.6 is 0 Å². The Balaban J connectivity index is 1.92. The van der Waals surface area contributed by atoms with Gasteiger partial charge < -0.3 is 10.2 Å². The van der Waals surface area contributed by atoms with E-state index in [4.69, 9.17) is 4.98 Å². The van der Waals surface area contributed by atoms with Crippen molar-refractivity contribution in [2.75, 3.05) is 11.9 Å². The van der Waals surface area contributed by atoms with E-state index in [-0.39, 0.29) is 11.9 Å². The Morgan fingerprint density at radius 2 is 1.89 bits per heavy atom. The molecule has 4 nitrogen and oxygen atoms in total. The van der Waals surface area contributed by atoms with E-state index in [2.05, 4.69) is 38.0 Å². The van der Waals surface area contributed by atoms with Crippen molar-refractivity contribution in [3.05, 3.63) is 35.9 Å². The lowest BCUT2D eigenvalue weighted by Crippen LogP contribution is -2.35. The van der Waals surface area contributed by atoms with Crippen molar-refractivity contribution in [2.24, 2.45) is 5.92 Å². The van der Waals surface area contributed by atoms with E-state index >= 15 is 0 Å². The first-order valence-electron chi connectivity index (χ1n) is 10.4. The van der Waals surface area contributed by atoms with Crippen molar-refractivity contribution in [3.63, 3.8) is 0 Å². The van der Waals surface area contributed by atoms with Gasteiger partial charge in [-0.2, -0.15) is 0 Å². The normalized spacial score (nSPS) is 16.5. The predicted octanol–water partition coefficient (Wildman–Crippen LogP) is 5.17. The van der Waals surface area contributed by atoms with Crippen LogP contribution in [0, 0.1) is 5.92 Å². The average Bonchev–Trinajstić information content (AvgIpc) is 2.66. The van der Waals surface area contributed by atoms with E-state index in [9.17, 15) is 4.79 Å². The second-order valence-electron chi connectivity index (χ2n) is 8.45. The van der Waals surface area contributed by atoms with Crippen LogP contribution in [0.1, 0.15) is 69.7 Å². The molecule has 0 saturated heterocycles. The number of anilines is 1. The molecule has 1 fully saturated rings. The maximum atomic E-state index is 13.0. The molecule has 1 aromatic carbocycles. The zero-order chi connectivity index (χ0) is 19.4. The summed E-state index contributed by atoms with van der Waals surface area (Å²) < 4.78 is 0. The summed E-state index contributed by atoms with van der Waals surface area (Å²) in [6.45, 7) is 6.44. The van der Waals surface area contributed by atoms with E-state index in [1.165, 1.54) is 32.1 Å². The molecule has 1 aliphatic rings. The molecule has 27 heavy (non-hydrogen) atoms. The first kappa shape index (κ1) is 19.7. The molecule has 1 aliphatic carbocycles. The second kappa shape index (κ2) is 8.73. The van der Waals surface area contributed by atoms with Crippen molar-refractivity contribution in [2.45, 2.75) is 71.4 Å². The number of pyridine rings is 1. The fourth-order valence-electron chi connectivity index (χ4n) is 4.25. The lowest BCUT2D eigenvalue weighted by Gasteiger charge is -2.32. The average molecular weight is 368 g/mol. The molecule has 1 saturated carbocycles. The van der Waals surface area contributed by atoms with Crippen molar-refractivity contribution in [1.82, 2.24) is 10.3 Å². The van der Waals surface area contributed by atoms with Gasteiger partial charge in [-0.05, 0) is 44.2 Å². The van der Waals surface area contributed by atoms with Crippen LogP contribution in [0.5, 0.6) is 0 Å². The van der Waals surface area contributed by atoms with Crippen LogP contribution in [-0.4, -0.2) is 30.0 Å². The lowest BCUT2D eigenvalue weighted by atomic mass is 9.94. The van der Waals surface area contributed by atoms with Crippen LogP contribution in [0.15, 0.2) is 30.3 Å². The molecule has 2 aromatic rings. The summed E-state index contributed by atoms with van der Waals surface area (Å²) in [5, 5.41) is 4.10. The van der Waals surface area contributed by atoms with Gasteiger partial charge in [0.25, 0.3) is 5.91 Å². The maximum absolute atomic E-state index is 13.0. The van der Waals surface area contributed by atoms with Gasteiger partial charge in [0, 0.05) is 24.5 Å². The van der Waals surface area contributed by atoms with Crippen LogP contribution in [0.4, 0.5) is 5.82 Å². The van der Waals surface area contributed by atoms with Crippen LogP contribution < -0.4 is 10.2 Å². The zero-order valence-corrected chi connectivity index (χ0v) is 17.2. The van der Waals surface area contributed by atoms with E-state index in [1.807, 2.05) is 30.3 Å². The van der Waals surface area contributed by atoms with Crippen molar-refractivity contribution >= 4 is 22.6 Å². The molecule has 1 atom stereocenters. The molecule has 0 bridgehead atoms. The molecule has 1 N–H and O–H groups in total. The highest BCUT2D eigenvalue weighted by Crippen LogP contribution is 2.28. The fraction of sp³-hybridized carbons (Fsp3) is 0.565. The predicted molar refractivity (Wildman–Crippen MR) is 113 cm³/mol. The van der Waals surface area contributed by atoms with Crippen LogP contribution in [0.3, 0.4) is 0 Å². The number of nitrogens with one attached hydrogen (secondary N) is 1. The Hall–Kier alpha value is -2.10. The first-order chi connectivity index (χ1) is 13.0.